The van der Waals surface area contributed by atoms with Crippen LogP contribution < -0.4 is 5.32 Å². The minimum Gasteiger partial charge on any atom is -0.316 e. The molecular formula is C13H13FN2S. The zero-order valence-electron chi connectivity index (χ0n) is 9.32. The zero-order valence-corrected chi connectivity index (χ0v) is 10.1. The average Bonchev–Trinajstić information content (AvgIpc) is 3.00. The molecule has 1 atom stereocenters. The van der Waals surface area contributed by atoms with Crippen LogP contribution >= 0.6 is 11.3 Å². The van der Waals surface area contributed by atoms with Crippen molar-refractivity contribution in [2.24, 2.45) is 0 Å². The Hall–Kier alpha value is -1.26. The lowest BCUT2D eigenvalue weighted by molar-refractivity contribution is 0.628. The second-order valence-corrected chi connectivity index (χ2v) is 5.16. The molecule has 0 spiro atoms. The van der Waals surface area contributed by atoms with Gasteiger partial charge in [-0.3, -0.25) is 0 Å². The molecule has 1 aliphatic heterocycles. The Morgan fingerprint density at radius 3 is 2.82 bits per heavy atom. The number of halogens is 1. The topological polar surface area (TPSA) is 24.9 Å². The van der Waals surface area contributed by atoms with Crippen molar-refractivity contribution in [1.82, 2.24) is 10.3 Å². The largest absolute Gasteiger partial charge is 0.316 e. The van der Waals surface area contributed by atoms with E-state index in [0.717, 1.165) is 30.8 Å². The molecule has 0 amide bonds. The van der Waals surface area contributed by atoms with Gasteiger partial charge in [0.25, 0.3) is 0 Å². The number of hydrogen-bond acceptors (Lipinski definition) is 3. The van der Waals surface area contributed by atoms with Gasteiger partial charge in [0.2, 0.25) is 0 Å². The van der Waals surface area contributed by atoms with Gasteiger partial charge in [0.05, 0.1) is 10.7 Å². The van der Waals surface area contributed by atoms with E-state index in [0.29, 0.717) is 5.92 Å². The van der Waals surface area contributed by atoms with E-state index in [1.807, 2.05) is 0 Å². The van der Waals surface area contributed by atoms with Crippen LogP contribution in [0.4, 0.5) is 4.39 Å². The van der Waals surface area contributed by atoms with Crippen molar-refractivity contribution in [1.29, 1.82) is 0 Å². The van der Waals surface area contributed by atoms with E-state index < -0.39 is 0 Å². The molecule has 1 unspecified atom stereocenters. The fourth-order valence-corrected chi connectivity index (χ4v) is 3.06. The standard InChI is InChI=1S/C13H13FN2S/c14-11-3-1-9(2-4-11)12-8-17-13(16-12)10-5-6-15-7-10/h1-4,8,10,15H,5-7H2. The van der Waals surface area contributed by atoms with Crippen molar-refractivity contribution in [2.75, 3.05) is 13.1 Å². The smallest absolute Gasteiger partial charge is 0.123 e. The van der Waals surface area contributed by atoms with Crippen molar-refractivity contribution in [3.05, 3.63) is 40.5 Å². The molecule has 1 aliphatic rings. The van der Waals surface area contributed by atoms with Gasteiger partial charge in [0.15, 0.2) is 0 Å². The molecule has 2 aromatic rings. The first kappa shape index (κ1) is 10.9. The highest BCUT2D eigenvalue weighted by Gasteiger charge is 2.19. The summed E-state index contributed by atoms with van der Waals surface area (Å²) >= 11 is 1.70. The molecule has 1 aromatic heterocycles. The summed E-state index contributed by atoms with van der Waals surface area (Å²) in [6.45, 7) is 2.10. The Morgan fingerprint density at radius 2 is 2.12 bits per heavy atom. The molecule has 1 aromatic carbocycles. The number of nitrogens with one attached hydrogen (secondary N) is 1. The fourth-order valence-electron chi connectivity index (χ4n) is 2.09. The molecule has 0 radical (unpaired) electrons. The lowest BCUT2D eigenvalue weighted by Crippen LogP contribution is -2.07. The number of rotatable bonds is 2. The number of hydrogen-bond donors (Lipinski definition) is 1. The normalized spacial score (nSPS) is 19.7. The lowest BCUT2D eigenvalue weighted by Gasteiger charge is -2.02. The Morgan fingerprint density at radius 1 is 1.29 bits per heavy atom. The van der Waals surface area contributed by atoms with Gasteiger partial charge in [0, 0.05) is 23.4 Å². The van der Waals surface area contributed by atoms with E-state index in [1.54, 1.807) is 23.5 Å². The quantitative estimate of drug-likeness (QED) is 0.883. The van der Waals surface area contributed by atoms with Crippen molar-refractivity contribution in [3.8, 4) is 11.3 Å². The van der Waals surface area contributed by atoms with E-state index in [2.05, 4.69) is 15.7 Å². The third-order valence-electron chi connectivity index (χ3n) is 3.07. The third kappa shape index (κ3) is 2.23. The summed E-state index contributed by atoms with van der Waals surface area (Å²) < 4.78 is 12.8. The molecule has 1 saturated heterocycles. The van der Waals surface area contributed by atoms with Crippen LogP contribution in [-0.4, -0.2) is 18.1 Å². The molecule has 3 rings (SSSR count). The highest BCUT2D eigenvalue weighted by atomic mass is 32.1. The van der Waals surface area contributed by atoms with Crippen LogP contribution in [0.15, 0.2) is 29.6 Å². The van der Waals surface area contributed by atoms with Crippen molar-refractivity contribution >= 4 is 11.3 Å². The Kier molecular flexibility index (Phi) is 2.91. The number of benzene rings is 1. The second-order valence-electron chi connectivity index (χ2n) is 4.27. The van der Waals surface area contributed by atoms with E-state index in [9.17, 15) is 4.39 Å². The van der Waals surface area contributed by atoms with Crippen molar-refractivity contribution < 1.29 is 4.39 Å². The van der Waals surface area contributed by atoms with Crippen LogP contribution in [0.5, 0.6) is 0 Å². The van der Waals surface area contributed by atoms with Crippen LogP contribution in [0, 0.1) is 5.82 Å². The zero-order chi connectivity index (χ0) is 11.7. The summed E-state index contributed by atoms with van der Waals surface area (Å²) in [6.07, 6.45) is 1.16. The molecule has 2 heterocycles. The summed E-state index contributed by atoms with van der Waals surface area (Å²) in [5.74, 6) is 0.346. The summed E-state index contributed by atoms with van der Waals surface area (Å²) in [4.78, 5) is 4.65. The van der Waals surface area contributed by atoms with Gasteiger partial charge >= 0.3 is 0 Å². The highest BCUT2D eigenvalue weighted by molar-refractivity contribution is 7.10. The summed E-state index contributed by atoms with van der Waals surface area (Å²) in [6, 6.07) is 6.51. The molecule has 17 heavy (non-hydrogen) atoms. The predicted molar refractivity (Wildman–Crippen MR) is 67.7 cm³/mol. The SMILES string of the molecule is Fc1ccc(-c2csc(C3CCNC3)n2)cc1. The maximum absolute atomic E-state index is 12.8. The minimum absolute atomic E-state index is 0.204. The molecule has 1 fully saturated rings. The molecule has 0 aliphatic carbocycles. The van der Waals surface area contributed by atoms with Crippen LogP contribution in [0.25, 0.3) is 11.3 Å². The van der Waals surface area contributed by atoms with Crippen LogP contribution in [0.3, 0.4) is 0 Å². The molecular weight excluding hydrogens is 235 g/mol. The van der Waals surface area contributed by atoms with Crippen LogP contribution in [0.1, 0.15) is 17.3 Å². The Balaban J connectivity index is 1.86. The van der Waals surface area contributed by atoms with E-state index >= 15 is 0 Å². The highest BCUT2D eigenvalue weighted by Crippen LogP contribution is 2.29. The molecule has 1 N–H and O–H groups in total. The van der Waals surface area contributed by atoms with E-state index in [1.165, 1.54) is 17.1 Å². The van der Waals surface area contributed by atoms with E-state index in [-0.39, 0.29) is 5.82 Å². The van der Waals surface area contributed by atoms with Gasteiger partial charge in [-0.25, -0.2) is 9.37 Å². The molecule has 2 nitrogen and oxygen atoms in total. The minimum atomic E-state index is -0.204. The summed E-state index contributed by atoms with van der Waals surface area (Å²) in [7, 11) is 0. The van der Waals surface area contributed by atoms with Gasteiger partial charge in [-0.15, -0.1) is 11.3 Å². The lowest BCUT2D eigenvalue weighted by atomic mass is 10.1. The summed E-state index contributed by atoms with van der Waals surface area (Å²) in [5, 5.41) is 6.59. The molecule has 0 saturated carbocycles. The first-order valence-corrected chi connectivity index (χ1v) is 6.63. The van der Waals surface area contributed by atoms with Crippen LogP contribution in [-0.2, 0) is 0 Å². The van der Waals surface area contributed by atoms with Crippen LogP contribution in [0.2, 0.25) is 0 Å². The number of nitrogens with zero attached hydrogens (tertiary/aromatic N) is 1. The fraction of sp³-hybridized carbons (Fsp3) is 0.308. The first-order chi connectivity index (χ1) is 8.33. The predicted octanol–water partition coefficient (Wildman–Crippen LogP) is 3.03. The molecule has 88 valence electrons. The van der Waals surface area contributed by atoms with Crippen molar-refractivity contribution in [3.63, 3.8) is 0 Å². The molecule has 0 bridgehead atoms. The van der Waals surface area contributed by atoms with Gasteiger partial charge in [-0.2, -0.15) is 0 Å². The maximum Gasteiger partial charge on any atom is 0.123 e. The first-order valence-electron chi connectivity index (χ1n) is 5.75. The van der Waals surface area contributed by atoms with Crippen molar-refractivity contribution in [2.45, 2.75) is 12.3 Å². The number of thiazole rings is 1. The van der Waals surface area contributed by atoms with Gasteiger partial charge in [-0.1, -0.05) is 0 Å². The second kappa shape index (κ2) is 4.55. The Labute approximate surface area is 104 Å². The van der Waals surface area contributed by atoms with Gasteiger partial charge in [0.1, 0.15) is 5.82 Å². The maximum atomic E-state index is 12.8. The summed E-state index contributed by atoms with van der Waals surface area (Å²) in [5.41, 5.74) is 1.94. The van der Waals surface area contributed by atoms with Gasteiger partial charge < -0.3 is 5.32 Å². The Bertz CT molecular complexity index is 500. The monoisotopic (exact) mass is 248 g/mol. The molecule has 4 heteroatoms. The third-order valence-corrected chi connectivity index (χ3v) is 4.08. The van der Waals surface area contributed by atoms with Gasteiger partial charge in [-0.05, 0) is 37.2 Å². The average molecular weight is 248 g/mol. The number of aromatic nitrogens is 1. The van der Waals surface area contributed by atoms with E-state index in [4.69, 9.17) is 0 Å².